The molecular weight excluding hydrogens is 230 g/mol. The molecule has 0 aliphatic carbocycles. The van der Waals surface area contributed by atoms with Crippen molar-refractivity contribution in [2.75, 3.05) is 30.7 Å². The zero-order valence-electron chi connectivity index (χ0n) is 10.7. The summed E-state index contributed by atoms with van der Waals surface area (Å²) in [7, 11) is 0. The zero-order chi connectivity index (χ0) is 13.4. The Morgan fingerprint density at radius 1 is 1.33 bits per heavy atom. The Hall–Kier alpha value is -1.75. The van der Waals surface area contributed by atoms with Crippen LogP contribution in [0.2, 0.25) is 0 Å². The van der Waals surface area contributed by atoms with E-state index in [9.17, 15) is 4.79 Å². The summed E-state index contributed by atoms with van der Waals surface area (Å²) >= 11 is 0. The molecule has 0 saturated carbocycles. The number of hydrogen-bond acceptors (Lipinski definition) is 3. The number of anilines is 2. The van der Waals surface area contributed by atoms with Crippen LogP contribution in [0.25, 0.3) is 0 Å². The van der Waals surface area contributed by atoms with Gasteiger partial charge in [-0.25, -0.2) is 4.79 Å². The predicted octanol–water partition coefficient (Wildman–Crippen LogP) is 1.90. The number of nitrogens with zero attached hydrogens (tertiary/aromatic N) is 1. The first-order valence-corrected chi connectivity index (χ1v) is 6.19. The second-order valence-electron chi connectivity index (χ2n) is 4.12. The summed E-state index contributed by atoms with van der Waals surface area (Å²) in [5.74, 6) is 0. The highest BCUT2D eigenvalue weighted by atomic mass is 16.3. The second kappa shape index (κ2) is 7.55. The van der Waals surface area contributed by atoms with Crippen LogP contribution in [-0.2, 0) is 0 Å². The third kappa shape index (κ3) is 4.63. The van der Waals surface area contributed by atoms with Crippen LogP contribution in [0.1, 0.15) is 19.8 Å². The number of amides is 2. The first-order chi connectivity index (χ1) is 8.67. The highest BCUT2D eigenvalue weighted by Crippen LogP contribution is 2.11. The van der Waals surface area contributed by atoms with Gasteiger partial charge in [0, 0.05) is 24.5 Å². The number of urea groups is 1. The van der Waals surface area contributed by atoms with Gasteiger partial charge in [0.1, 0.15) is 0 Å². The van der Waals surface area contributed by atoms with E-state index in [2.05, 4.69) is 12.2 Å². The van der Waals surface area contributed by atoms with Crippen LogP contribution in [0.15, 0.2) is 24.3 Å². The minimum Gasteiger partial charge on any atom is -0.399 e. The Morgan fingerprint density at radius 3 is 2.56 bits per heavy atom. The number of rotatable bonds is 6. The van der Waals surface area contributed by atoms with Crippen LogP contribution in [0, 0.1) is 0 Å². The Labute approximate surface area is 108 Å². The molecule has 0 saturated heterocycles. The van der Waals surface area contributed by atoms with Gasteiger partial charge >= 0.3 is 6.03 Å². The fourth-order valence-corrected chi connectivity index (χ4v) is 1.55. The van der Waals surface area contributed by atoms with Gasteiger partial charge in [0.05, 0.1) is 6.61 Å². The molecule has 1 rings (SSSR count). The van der Waals surface area contributed by atoms with Gasteiger partial charge in [-0.3, -0.25) is 0 Å². The molecule has 0 aliphatic heterocycles. The highest BCUT2D eigenvalue weighted by Gasteiger charge is 2.12. The van der Waals surface area contributed by atoms with Crippen molar-refractivity contribution in [3.05, 3.63) is 24.3 Å². The number of carbonyl (C=O) groups excluding carboxylic acids is 1. The van der Waals surface area contributed by atoms with Gasteiger partial charge in [0.15, 0.2) is 0 Å². The van der Waals surface area contributed by atoms with Crippen molar-refractivity contribution in [3.63, 3.8) is 0 Å². The quantitative estimate of drug-likeness (QED) is 0.676. The van der Waals surface area contributed by atoms with Crippen LogP contribution >= 0.6 is 0 Å². The molecule has 0 spiro atoms. The van der Waals surface area contributed by atoms with E-state index in [1.165, 1.54) is 0 Å². The molecular formula is C13H21N3O2. The molecule has 2 amide bonds. The third-order valence-electron chi connectivity index (χ3n) is 2.60. The first-order valence-electron chi connectivity index (χ1n) is 6.19. The van der Waals surface area contributed by atoms with Gasteiger partial charge < -0.3 is 21.1 Å². The summed E-state index contributed by atoms with van der Waals surface area (Å²) < 4.78 is 0. The number of aliphatic hydroxyl groups is 1. The lowest BCUT2D eigenvalue weighted by atomic mass is 10.3. The van der Waals surface area contributed by atoms with E-state index in [1.54, 1.807) is 29.2 Å². The molecule has 0 aliphatic rings. The Balaban J connectivity index is 2.57. The van der Waals surface area contributed by atoms with Crippen LogP contribution in [0.3, 0.4) is 0 Å². The van der Waals surface area contributed by atoms with Gasteiger partial charge in [-0.05, 0) is 30.7 Å². The van der Waals surface area contributed by atoms with Gasteiger partial charge in [0.25, 0.3) is 0 Å². The molecule has 18 heavy (non-hydrogen) atoms. The first kappa shape index (κ1) is 14.3. The molecule has 0 fully saturated rings. The van der Waals surface area contributed by atoms with E-state index < -0.39 is 0 Å². The number of unbranched alkanes of at least 4 members (excludes halogenated alkanes) is 1. The standard InChI is InChI=1S/C13H21N3O2/c1-2-3-8-16(9-10-17)13(18)15-12-6-4-11(14)5-7-12/h4-7,17H,2-3,8-10,14H2,1H3,(H,15,18). The van der Waals surface area contributed by atoms with E-state index in [0.29, 0.717) is 24.5 Å². The summed E-state index contributed by atoms with van der Waals surface area (Å²) in [6, 6.07) is 6.78. The fourth-order valence-electron chi connectivity index (χ4n) is 1.55. The Bertz CT molecular complexity index is 365. The van der Waals surface area contributed by atoms with Gasteiger partial charge in [-0.1, -0.05) is 13.3 Å². The van der Waals surface area contributed by atoms with Crippen LogP contribution in [0.5, 0.6) is 0 Å². The number of nitrogens with one attached hydrogen (secondary N) is 1. The van der Waals surface area contributed by atoms with E-state index >= 15 is 0 Å². The van der Waals surface area contributed by atoms with Crippen LogP contribution in [-0.4, -0.2) is 35.7 Å². The molecule has 0 aromatic heterocycles. The molecule has 0 heterocycles. The molecule has 5 heteroatoms. The molecule has 1 aromatic carbocycles. The fraction of sp³-hybridized carbons (Fsp3) is 0.462. The SMILES string of the molecule is CCCCN(CCO)C(=O)Nc1ccc(N)cc1. The minimum atomic E-state index is -0.192. The summed E-state index contributed by atoms with van der Waals surface area (Å²) in [6.07, 6.45) is 1.94. The van der Waals surface area contributed by atoms with E-state index in [0.717, 1.165) is 12.8 Å². The lowest BCUT2D eigenvalue weighted by Gasteiger charge is -2.22. The van der Waals surface area contributed by atoms with Crippen molar-refractivity contribution >= 4 is 17.4 Å². The Morgan fingerprint density at radius 2 is 2.00 bits per heavy atom. The summed E-state index contributed by atoms with van der Waals surface area (Å²) in [6.45, 7) is 3.03. The van der Waals surface area contributed by atoms with Gasteiger partial charge in [0.2, 0.25) is 0 Å². The Kier molecular flexibility index (Phi) is 6.00. The smallest absolute Gasteiger partial charge is 0.321 e. The third-order valence-corrected chi connectivity index (χ3v) is 2.60. The molecule has 0 atom stereocenters. The molecule has 1 aromatic rings. The summed E-state index contributed by atoms with van der Waals surface area (Å²) in [5, 5.41) is 11.7. The average Bonchev–Trinajstić information content (AvgIpc) is 2.37. The number of hydrogen-bond donors (Lipinski definition) is 3. The molecule has 4 N–H and O–H groups in total. The van der Waals surface area contributed by atoms with Crippen molar-refractivity contribution in [1.29, 1.82) is 0 Å². The number of nitrogen functional groups attached to an aromatic ring is 1. The van der Waals surface area contributed by atoms with E-state index in [4.69, 9.17) is 10.8 Å². The molecule has 0 radical (unpaired) electrons. The van der Waals surface area contributed by atoms with Crippen molar-refractivity contribution in [1.82, 2.24) is 4.90 Å². The van der Waals surface area contributed by atoms with Crippen LogP contribution in [0.4, 0.5) is 16.2 Å². The van der Waals surface area contributed by atoms with E-state index in [1.807, 2.05) is 0 Å². The summed E-state index contributed by atoms with van der Waals surface area (Å²) in [5.41, 5.74) is 6.94. The lowest BCUT2D eigenvalue weighted by molar-refractivity contribution is 0.187. The highest BCUT2D eigenvalue weighted by molar-refractivity contribution is 5.89. The van der Waals surface area contributed by atoms with E-state index in [-0.39, 0.29) is 12.6 Å². The summed E-state index contributed by atoms with van der Waals surface area (Å²) in [4.78, 5) is 13.6. The van der Waals surface area contributed by atoms with Crippen molar-refractivity contribution < 1.29 is 9.90 Å². The van der Waals surface area contributed by atoms with Crippen LogP contribution < -0.4 is 11.1 Å². The number of aliphatic hydroxyl groups excluding tert-OH is 1. The minimum absolute atomic E-state index is 0.0289. The molecule has 100 valence electrons. The predicted molar refractivity (Wildman–Crippen MR) is 73.4 cm³/mol. The van der Waals surface area contributed by atoms with Crippen molar-refractivity contribution in [2.45, 2.75) is 19.8 Å². The maximum absolute atomic E-state index is 12.0. The topological polar surface area (TPSA) is 78.6 Å². The molecule has 0 bridgehead atoms. The molecule has 0 unspecified atom stereocenters. The lowest BCUT2D eigenvalue weighted by Crippen LogP contribution is -2.37. The monoisotopic (exact) mass is 251 g/mol. The number of nitrogens with two attached hydrogens (primary N) is 1. The van der Waals surface area contributed by atoms with Crippen molar-refractivity contribution in [2.24, 2.45) is 0 Å². The zero-order valence-corrected chi connectivity index (χ0v) is 10.7. The largest absolute Gasteiger partial charge is 0.399 e. The second-order valence-corrected chi connectivity index (χ2v) is 4.12. The maximum Gasteiger partial charge on any atom is 0.321 e. The maximum atomic E-state index is 12.0. The normalized spacial score (nSPS) is 10.1. The number of carbonyl (C=O) groups is 1. The number of benzene rings is 1. The average molecular weight is 251 g/mol. The van der Waals surface area contributed by atoms with Gasteiger partial charge in [-0.15, -0.1) is 0 Å². The van der Waals surface area contributed by atoms with Crippen molar-refractivity contribution in [3.8, 4) is 0 Å². The van der Waals surface area contributed by atoms with Gasteiger partial charge in [-0.2, -0.15) is 0 Å². The molecule has 5 nitrogen and oxygen atoms in total.